The molecular formula is C12H9Cl2FN4O. The molecule has 0 saturated carbocycles. The molecule has 1 aromatic heterocycles. The van der Waals surface area contributed by atoms with Crippen LogP contribution in [-0.4, -0.2) is 10.9 Å². The van der Waals surface area contributed by atoms with Crippen molar-refractivity contribution in [2.24, 2.45) is 5.84 Å². The van der Waals surface area contributed by atoms with Crippen LogP contribution in [0.15, 0.2) is 30.5 Å². The van der Waals surface area contributed by atoms with Crippen LogP contribution in [0.1, 0.15) is 10.4 Å². The number of halogens is 3. The zero-order valence-electron chi connectivity index (χ0n) is 9.95. The molecule has 0 aliphatic heterocycles. The molecule has 0 aliphatic rings. The maximum absolute atomic E-state index is 13.6. The van der Waals surface area contributed by atoms with Crippen LogP contribution in [0, 0.1) is 5.82 Å². The van der Waals surface area contributed by atoms with E-state index in [4.69, 9.17) is 29.0 Å². The first kappa shape index (κ1) is 14.5. The van der Waals surface area contributed by atoms with Gasteiger partial charge in [0, 0.05) is 11.2 Å². The van der Waals surface area contributed by atoms with E-state index in [2.05, 4.69) is 15.7 Å². The Morgan fingerprint density at radius 2 is 2.05 bits per heavy atom. The Hall–Kier alpha value is -1.89. The fourth-order valence-electron chi connectivity index (χ4n) is 1.45. The number of hydrogen-bond donors (Lipinski definition) is 3. The van der Waals surface area contributed by atoms with Crippen molar-refractivity contribution in [1.82, 2.24) is 4.98 Å². The largest absolute Gasteiger partial charge is 0.319 e. The van der Waals surface area contributed by atoms with Crippen molar-refractivity contribution < 1.29 is 9.18 Å². The lowest BCUT2D eigenvalue weighted by Crippen LogP contribution is -2.15. The minimum atomic E-state index is -0.634. The number of aromatic nitrogens is 1. The summed E-state index contributed by atoms with van der Waals surface area (Å²) in [5.74, 6) is 4.23. The minimum Gasteiger partial charge on any atom is -0.319 e. The summed E-state index contributed by atoms with van der Waals surface area (Å²) >= 11 is 11.5. The van der Waals surface area contributed by atoms with Gasteiger partial charge in [-0.3, -0.25) is 4.79 Å². The predicted molar refractivity (Wildman–Crippen MR) is 76.4 cm³/mol. The number of hydrazine groups is 1. The fourth-order valence-corrected chi connectivity index (χ4v) is 1.83. The molecule has 2 rings (SSSR count). The second-order valence-corrected chi connectivity index (χ2v) is 4.62. The van der Waals surface area contributed by atoms with Gasteiger partial charge in [-0.25, -0.2) is 15.2 Å². The lowest BCUT2D eigenvalue weighted by Gasteiger charge is -2.08. The first-order valence-corrected chi connectivity index (χ1v) is 6.15. The summed E-state index contributed by atoms with van der Waals surface area (Å²) in [6.07, 6.45) is 1.27. The summed E-state index contributed by atoms with van der Waals surface area (Å²) in [6, 6.07) is 5.30. The lowest BCUT2D eigenvalue weighted by molar-refractivity contribution is 0.102. The maximum Gasteiger partial charge on any atom is 0.257 e. The van der Waals surface area contributed by atoms with Crippen molar-refractivity contribution in [2.45, 2.75) is 0 Å². The highest BCUT2D eigenvalue weighted by molar-refractivity contribution is 6.33. The zero-order valence-corrected chi connectivity index (χ0v) is 11.5. The van der Waals surface area contributed by atoms with Crippen LogP contribution in [0.2, 0.25) is 10.0 Å². The number of anilines is 2. The number of amides is 1. The summed E-state index contributed by atoms with van der Waals surface area (Å²) < 4.78 is 13.6. The first-order chi connectivity index (χ1) is 9.51. The summed E-state index contributed by atoms with van der Waals surface area (Å²) in [5, 5.41) is 2.81. The number of nitrogens with zero attached hydrogens (tertiary/aromatic N) is 1. The van der Waals surface area contributed by atoms with Gasteiger partial charge in [-0.2, -0.15) is 0 Å². The van der Waals surface area contributed by atoms with Crippen molar-refractivity contribution in [1.29, 1.82) is 0 Å². The SMILES string of the molecule is NNc1ncc(C(=O)Nc2ccc(Cl)cc2F)cc1Cl. The molecular weight excluding hydrogens is 306 g/mol. The first-order valence-electron chi connectivity index (χ1n) is 5.40. The van der Waals surface area contributed by atoms with Crippen molar-refractivity contribution in [3.05, 3.63) is 51.9 Å². The molecule has 5 nitrogen and oxygen atoms in total. The zero-order chi connectivity index (χ0) is 14.7. The minimum absolute atomic E-state index is 0.0107. The molecule has 8 heteroatoms. The smallest absolute Gasteiger partial charge is 0.257 e. The van der Waals surface area contributed by atoms with E-state index in [1.807, 2.05) is 0 Å². The number of rotatable bonds is 3. The summed E-state index contributed by atoms with van der Waals surface area (Å²) in [5.41, 5.74) is 2.46. The molecule has 1 amide bonds. The third kappa shape index (κ3) is 3.16. The number of nitrogens with two attached hydrogens (primary N) is 1. The number of nitrogen functional groups attached to an aromatic ring is 1. The number of carbonyl (C=O) groups excluding carboxylic acids is 1. The molecule has 0 fully saturated rings. The highest BCUT2D eigenvalue weighted by Gasteiger charge is 2.12. The van der Waals surface area contributed by atoms with Gasteiger partial charge in [0.2, 0.25) is 0 Å². The molecule has 0 unspecified atom stereocenters. The average molecular weight is 315 g/mol. The van der Waals surface area contributed by atoms with E-state index >= 15 is 0 Å². The molecule has 1 heterocycles. The van der Waals surface area contributed by atoms with Crippen molar-refractivity contribution in [3.8, 4) is 0 Å². The van der Waals surface area contributed by atoms with Gasteiger partial charge in [0.05, 0.1) is 16.3 Å². The van der Waals surface area contributed by atoms with E-state index in [0.29, 0.717) is 0 Å². The maximum atomic E-state index is 13.6. The molecule has 2 aromatic rings. The number of nitrogens with one attached hydrogen (secondary N) is 2. The second kappa shape index (κ2) is 6.04. The molecule has 104 valence electrons. The highest BCUT2D eigenvalue weighted by Crippen LogP contribution is 2.22. The van der Waals surface area contributed by atoms with E-state index < -0.39 is 11.7 Å². The Morgan fingerprint density at radius 1 is 1.30 bits per heavy atom. The van der Waals surface area contributed by atoms with E-state index in [1.54, 1.807) is 0 Å². The van der Waals surface area contributed by atoms with Crippen LogP contribution in [0.25, 0.3) is 0 Å². The lowest BCUT2D eigenvalue weighted by atomic mass is 10.2. The van der Waals surface area contributed by atoms with Crippen LogP contribution in [0.4, 0.5) is 15.9 Å². The van der Waals surface area contributed by atoms with Crippen LogP contribution in [0.5, 0.6) is 0 Å². The Bertz CT molecular complexity index is 666. The normalized spacial score (nSPS) is 10.2. The van der Waals surface area contributed by atoms with Crippen molar-refractivity contribution >= 4 is 40.6 Å². The van der Waals surface area contributed by atoms with Gasteiger partial charge in [0.1, 0.15) is 5.82 Å². The van der Waals surface area contributed by atoms with Gasteiger partial charge >= 0.3 is 0 Å². The van der Waals surface area contributed by atoms with E-state index in [9.17, 15) is 9.18 Å². The Morgan fingerprint density at radius 3 is 2.65 bits per heavy atom. The topological polar surface area (TPSA) is 80.0 Å². The second-order valence-electron chi connectivity index (χ2n) is 3.78. The number of carbonyl (C=O) groups is 1. The van der Waals surface area contributed by atoms with Crippen molar-refractivity contribution in [3.63, 3.8) is 0 Å². The third-order valence-electron chi connectivity index (χ3n) is 2.42. The molecule has 0 saturated heterocycles. The van der Waals surface area contributed by atoms with Gasteiger partial charge in [-0.15, -0.1) is 0 Å². The van der Waals surface area contributed by atoms with Crippen LogP contribution in [0.3, 0.4) is 0 Å². The Kier molecular flexibility index (Phi) is 4.39. The molecule has 4 N–H and O–H groups in total. The third-order valence-corrected chi connectivity index (χ3v) is 2.94. The van der Waals surface area contributed by atoms with Gasteiger partial charge in [0.25, 0.3) is 5.91 Å². The highest BCUT2D eigenvalue weighted by atomic mass is 35.5. The number of benzene rings is 1. The van der Waals surface area contributed by atoms with Crippen molar-refractivity contribution in [2.75, 3.05) is 10.7 Å². The van der Waals surface area contributed by atoms with Gasteiger partial charge < -0.3 is 10.7 Å². The van der Waals surface area contributed by atoms with Gasteiger partial charge in [-0.05, 0) is 24.3 Å². The van der Waals surface area contributed by atoms with Crippen LogP contribution in [-0.2, 0) is 0 Å². The van der Waals surface area contributed by atoms with E-state index in [0.717, 1.165) is 6.07 Å². The Balaban J connectivity index is 2.21. The van der Waals surface area contributed by atoms with Gasteiger partial charge in [-0.1, -0.05) is 23.2 Å². The summed E-state index contributed by atoms with van der Waals surface area (Å²) in [4.78, 5) is 15.8. The molecule has 0 spiro atoms. The van der Waals surface area contributed by atoms with Crippen LogP contribution < -0.4 is 16.6 Å². The van der Waals surface area contributed by atoms with E-state index in [-0.39, 0.29) is 27.1 Å². The average Bonchev–Trinajstić information content (AvgIpc) is 2.41. The van der Waals surface area contributed by atoms with E-state index in [1.165, 1.54) is 24.4 Å². The summed E-state index contributed by atoms with van der Waals surface area (Å²) in [6.45, 7) is 0. The fraction of sp³-hybridized carbons (Fsp3) is 0. The molecule has 0 radical (unpaired) electrons. The summed E-state index contributed by atoms with van der Waals surface area (Å²) in [7, 11) is 0. The molecule has 0 bridgehead atoms. The van der Waals surface area contributed by atoms with Gasteiger partial charge in [0.15, 0.2) is 5.82 Å². The van der Waals surface area contributed by atoms with Crippen LogP contribution >= 0.6 is 23.2 Å². The predicted octanol–water partition coefficient (Wildman–Crippen LogP) is 3.07. The molecule has 1 aromatic carbocycles. The number of hydrogen-bond acceptors (Lipinski definition) is 4. The molecule has 0 atom stereocenters. The Labute approximate surface area is 123 Å². The monoisotopic (exact) mass is 314 g/mol. The number of pyridine rings is 1. The standard InChI is InChI=1S/C12H9Cl2FN4O/c13-7-1-2-10(9(15)4-7)18-12(20)6-3-8(14)11(19-16)17-5-6/h1-5H,16H2,(H,17,19)(H,18,20). The quantitative estimate of drug-likeness (QED) is 0.601. The molecule has 0 aliphatic carbocycles. The molecule has 20 heavy (non-hydrogen) atoms.